The van der Waals surface area contributed by atoms with E-state index in [1.807, 2.05) is 0 Å². The molecule has 0 amide bonds. The topological polar surface area (TPSA) is 95.9 Å². The maximum atomic E-state index is 13.1. The first-order valence-electron chi connectivity index (χ1n) is 14.3. The smallest absolute Gasteiger partial charge is 0.416 e. The van der Waals surface area contributed by atoms with E-state index in [0.717, 1.165) is 31.1 Å². The number of hydrogen-bond acceptors (Lipinski definition) is 4. The molecular formula is C33H38F3NO5. The van der Waals surface area contributed by atoms with E-state index in [2.05, 4.69) is 37.0 Å². The zero-order valence-corrected chi connectivity index (χ0v) is 23.7. The molecule has 5 atom stereocenters. The molecule has 2 fully saturated rings. The number of ether oxygens (including phenoxy) is 1. The molecule has 3 aliphatic rings. The third-order valence-corrected chi connectivity index (χ3v) is 9.24. The van der Waals surface area contributed by atoms with Crippen LogP contribution in [-0.4, -0.2) is 34.8 Å². The second-order valence-corrected chi connectivity index (χ2v) is 11.6. The van der Waals surface area contributed by atoms with Gasteiger partial charge in [0.25, 0.3) is 0 Å². The monoisotopic (exact) mass is 585 g/mol. The van der Waals surface area contributed by atoms with Gasteiger partial charge in [-0.05, 0) is 96.6 Å². The molecule has 5 rings (SSSR count). The molecule has 0 aliphatic heterocycles. The number of rotatable bonds is 8. The Balaban J connectivity index is 0.000000446. The molecule has 6 nitrogen and oxygen atoms in total. The first kappa shape index (κ1) is 31.3. The summed E-state index contributed by atoms with van der Waals surface area (Å²) in [5.74, 6) is 0.372. The van der Waals surface area contributed by atoms with Gasteiger partial charge >= 0.3 is 18.1 Å². The van der Waals surface area contributed by atoms with Gasteiger partial charge in [-0.15, -0.1) is 0 Å². The van der Waals surface area contributed by atoms with Crippen molar-refractivity contribution in [3.8, 4) is 5.75 Å². The minimum atomic E-state index is -4.30. The number of alkyl halides is 3. The molecular weight excluding hydrogens is 547 g/mol. The molecule has 0 saturated heterocycles. The summed E-state index contributed by atoms with van der Waals surface area (Å²) < 4.78 is 45.1. The highest BCUT2D eigenvalue weighted by Gasteiger charge is 2.54. The molecule has 0 spiro atoms. The number of fused-ring (bicyclic) bond motifs is 5. The van der Waals surface area contributed by atoms with Gasteiger partial charge in [-0.25, -0.2) is 9.59 Å². The van der Waals surface area contributed by atoms with Crippen LogP contribution in [0.4, 0.5) is 13.2 Å². The van der Waals surface area contributed by atoms with Gasteiger partial charge in [0, 0.05) is 24.7 Å². The van der Waals surface area contributed by atoms with Crippen molar-refractivity contribution in [2.24, 2.45) is 17.3 Å². The number of aryl methyl sites for hydroxylation is 1. The Hall–Kier alpha value is -3.59. The highest BCUT2D eigenvalue weighted by Crippen LogP contribution is 2.61. The maximum Gasteiger partial charge on any atom is 0.416 e. The zero-order valence-electron chi connectivity index (χ0n) is 23.7. The van der Waals surface area contributed by atoms with Crippen LogP contribution in [0.5, 0.6) is 5.75 Å². The van der Waals surface area contributed by atoms with Crippen molar-refractivity contribution >= 4 is 11.9 Å². The van der Waals surface area contributed by atoms with Crippen LogP contribution >= 0.6 is 0 Å². The van der Waals surface area contributed by atoms with E-state index in [4.69, 9.17) is 14.9 Å². The largest absolute Gasteiger partial charge is 0.490 e. The van der Waals surface area contributed by atoms with Gasteiger partial charge in [0.05, 0.1) is 5.56 Å². The molecule has 9 heteroatoms. The third kappa shape index (κ3) is 7.24. The predicted molar refractivity (Wildman–Crippen MR) is 153 cm³/mol. The summed E-state index contributed by atoms with van der Waals surface area (Å²) in [7, 11) is 0. The Morgan fingerprint density at radius 3 is 2.48 bits per heavy atom. The number of hydrogen-bond donors (Lipinski definition) is 3. The molecule has 0 bridgehead atoms. The van der Waals surface area contributed by atoms with Crippen molar-refractivity contribution in [3.63, 3.8) is 0 Å². The van der Waals surface area contributed by atoms with Crippen LogP contribution in [0, 0.1) is 17.3 Å². The molecule has 0 radical (unpaired) electrons. The molecule has 2 saturated carbocycles. The first-order valence-corrected chi connectivity index (χ1v) is 14.3. The van der Waals surface area contributed by atoms with E-state index in [0.29, 0.717) is 54.7 Å². The molecule has 0 unspecified atom stereocenters. The molecule has 226 valence electrons. The van der Waals surface area contributed by atoms with Crippen LogP contribution < -0.4 is 10.1 Å². The number of aliphatic carboxylic acids is 2. The highest BCUT2D eigenvalue weighted by atomic mass is 19.4. The summed E-state index contributed by atoms with van der Waals surface area (Å²) in [6, 6.07) is 12.7. The van der Waals surface area contributed by atoms with E-state index in [1.165, 1.54) is 42.5 Å². The minimum absolute atomic E-state index is 0.202. The van der Waals surface area contributed by atoms with Crippen LogP contribution in [0.15, 0.2) is 67.3 Å². The number of carboxylic acids is 2. The summed E-state index contributed by atoms with van der Waals surface area (Å²) in [5, 5.41) is 19.3. The minimum Gasteiger partial charge on any atom is -0.490 e. The predicted octanol–water partition coefficient (Wildman–Crippen LogP) is 7.00. The maximum absolute atomic E-state index is 13.1. The molecule has 2 aromatic carbocycles. The van der Waals surface area contributed by atoms with Gasteiger partial charge in [-0.1, -0.05) is 43.8 Å². The number of benzene rings is 2. The average Bonchev–Trinajstić information content (AvgIpc) is 3.29. The standard InChI is InChI=1S/C29H34F3NO.C4H4O4/c1-3-15-34-22-8-10-23-20(17-22)7-9-25-24(23)13-14-28(2)26(25)11-12-27(28)33-18-19-5-4-6-21(16-19)29(30,31)32;5-3(6)1-2-4(7)8/h3-6,8,10,16-17,24-27,33H,1,7,9,11-15,18H2,2H3;1-2H,(H,5,6)(H,7,8)/b;2-1+/t24-,25-,26+,27+,28+;/m1./s1. The summed E-state index contributed by atoms with van der Waals surface area (Å²) in [5.41, 5.74) is 3.28. The lowest BCUT2D eigenvalue weighted by Crippen LogP contribution is -2.48. The Morgan fingerprint density at radius 2 is 1.81 bits per heavy atom. The van der Waals surface area contributed by atoms with Crippen molar-refractivity contribution in [3.05, 3.63) is 89.5 Å². The lowest BCUT2D eigenvalue weighted by atomic mass is 9.55. The van der Waals surface area contributed by atoms with E-state index in [9.17, 15) is 22.8 Å². The summed E-state index contributed by atoms with van der Waals surface area (Å²) in [6.07, 6.45) is 5.54. The molecule has 0 aromatic heterocycles. The van der Waals surface area contributed by atoms with E-state index in [1.54, 1.807) is 12.1 Å². The van der Waals surface area contributed by atoms with Gasteiger partial charge < -0.3 is 20.3 Å². The number of carbonyl (C=O) groups is 2. The van der Waals surface area contributed by atoms with Gasteiger partial charge in [0.15, 0.2) is 0 Å². The van der Waals surface area contributed by atoms with E-state index >= 15 is 0 Å². The highest BCUT2D eigenvalue weighted by molar-refractivity contribution is 5.89. The van der Waals surface area contributed by atoms with Crippen molar-refractivity contribution in [2.45, 2.75) is 70.1 Å². The van der Waals surface area contributed by atoms with Crippen LogP contribution in [0.2, 0.25) is 0 Å². The number of halogens is 3. The van der Waals surface area contributed by atoms with Crippen molar-refractivity contribution in [1.82, 2.24) is 5.32 Å². The summed E-state index contributed by atoms with van der Waals surface area (Å²) in [6.45, 7) is 7.17. The number of carboxylic acid groups (broad SMARTS) is 2. The summed E-state index contributed by atoms with van der Waals surface area (Å²) in [4.78, 5) is 19.1. The Labute approximate surface area is 244 Å². The molecule has 42 heavy (non-hydrogen) atoms. The molecule has 0 heterocycles. The Kier molecular flexibility index (Phi) is 9.82. The fourth-order valence-corrected chi connectivity index (χ4v) is 7.38. The second-order valence-electron chi connectivity index (χ2n) is 11.6. The second kappa shape index (κ2) is 13.2. The third-order valence-electron chi connectivity index (χ3n) is 9.24. The van der Waals surface area contributed by atoms with Gasteiger partial charge in [0.2, 0.25) is 0 Å². The lowest BCUT2D eigenvalue weighted by molar-refractivity contribution is -0.137. The average molecular weight is 586 g/mol. The van der Waals surface area contributed by atoms with Crippen molar-refractivity contribution < 1.29 is 37.7 Å². The van der Waals surface area contributed by atoms with Crippen LogP contribution in [0.1, 0.15) is 67.2 Å². The molecule has 2 aromatic rings. The SMILES string of the molecule is C=CCOc1ccc2c(c1)CC[C@@H]1[C@@H]2CC[C@]2(C)[C@@H](NCc3cccc(C(F)(F)F)c3)CC[C@@H]12.O=C(O)/C=C/C(=O)O. The van der Waals surface area contributed by atoms with Gasteiger partial charge in [0.1, 0.15) is 12.4 Å². The zero-order chi connectivity index (χ0) is 30.5. The normalized spacial score (nSPS) is 26.3. The van der Waals surface area contributed by atoms with Gasteiger partial charge in [-0.2, -0.15) is 13.2 Å². The molecule has 3 aliphatic carbocycles. The summed E-state index contributed by atoms with van der Waals surface area (Å²) >= 11 is 0. The van der Waals surface area contributed by atoms with Crippen LogP contribution in [0.3, 0.4) is 0 Å². The Bertz CT molecular complexity index is 1310. The fraction of sp³-hybridized carbons (Fsp3) is 0.455. The lowest BCUT2D eigenvalue weighted by Gasteiger charge is -2.51. The van der Waals surface area contributed by atoms with Crippen LogP contribution in [0.25, 0.3) is 0 Å². The van der Waals surface area contributed by atoms with Gasteiger partial charge in [-0.3, -0.25) is 0 Å². The van der Waals surface area contributed by atoms with Crippen LogP contribution in [-0.2, 0) is 28.7 Å². The van der Waals surface area contributed by atoms with E-state index < -0.39 is 23.7 Å². The Morgan fingerprint density at radius 1 is 1.07 bits per heavy atom. The van der Waals surface area contributed by atoms with Crippen molar-refractivity contribution in [2.75, 3.05) is 6.61 Å². The quantitative estimate of drug-likeness (QED) is 0.228. The first-order chi connectivity index (χ1) is 19.9. The van der Waals surface area contributed by atoms with Crippen molar-refractivity contribution in [1.29, 1.82) is 0 Å². The molecule has 3 N–H and O–H groups in total. The fourth-order valence-electron chi connectivity index (χ4n) is 7.38. The number of nitrogens with one attached hydrogen (secondary N) is 1. The van der Waals surface area contributed by atoms with E-state index in [-0.39, 0.29) is 5.41 Å².